The van der Waals surface area contributed by atoms with Crippen molar-refractivity contribution in [3.8, 4) is 0 Å². The van der Waals surface area contributed by atoms with Crippen LogP contribution in [0.2, 0.25) is 0 Å². The first-order valence-corrected chi connectivity index (χ1v) is 11.5. The molecule has 0 aliphatic carbocycles. The van der Waals surface area contributed by atoms with E-state index >= 15 is 0 Å². The molecule has 0 aliphatic heterocycles. The number of hydrogen-bond acceptors (Lipinski definition) is 1. The average molecular weight is 336 g/mol. The van der Waals surface area contributed by atoms with E-state index in [1.807, 2.05) is 18.7 Å². The molecule has 4 heteroatoms. The molecule has 8 heavy (non-hydrogen) atoms. The van der Waals surface area contributed by atoms with Gasteiger partial charge in [-0.2, -0.15) is 0 Å². The minimum atomic E-state index is -0.805. The van der Waals surface area contributed by atoms with Crippen molar-refractivity contribution in [3.63, 3.8) is 0 Å². The Hall–Kier alpha value is 0.670. The standard InChI is InChI=1S/C4H6I2N2/c1-6(5)8-3-2-7-4-8/h2-4H,1H3. The second kappa shape index (κ2) is 3.00. The first kappa shape index (κ1) is 6.79. The molecule has 2 nitrogen and oxygen atoms in total. The van der Waals surface area contributed by atoms with E-state index in [1.54, 1.807) is 0 Å². The number of nitrogens with zero attached hydrogens (tertiary/aromatic N) is 2. The summed E-state index contributed by atoms with van der Waals surface area (Å²) in [7, 11) is 0. The van der Waals surface area contributed by atoms with E-state index in [-0.39, 0.29) is 0 Å². The van der Waals surface area contributed by atoms with Gasteiger partial charge in [0.15, 0.2) is 0 Å². The molecule has 0 saturated heterocycles. The van der Waals surface area contributed by atoms with Crippen LogP contribution in [0.15, 0.2) is 18.7 Å². The molecule has 0 aliphatic rings. The van der Waals surface area contributed by atoms with Crippen LogP contribution in [0.25, 0.3) is 0 Å². The molecule has 0 unspecified atom stereocenters. The van der Waals surface area contributed by atoms with Crippen molar-refractivity contribution >= 4 is 34.7 Å². The Kier molecular flexibility index (Phi) is 2.54. The van der Waals surface area contributed by atoms with Gasteiger partial charge in [0.2, 0.25) is 0 Å². The second-order valence-corrected chi connectivity index (χ2v) is 12.5. The predicted octanol–water partition coefficient (Wildman–Crippen LogP) is 2.13. The normalized spacial score (nSPS) is 11.5. The Balaban J connectivity index is 2.77. The molecule has 0 aromatic carbocycles. The van der Waals surface area contributed by atoms with Crippen LogP contribution in [-0.2, 0) is 0 Å². The van der Waals surface area contributed by atoms with E-state index in [2.05, 4.69) is 31.3 Å². The molecular formula is C4H6I2N2. The van der Waals surface area contributed by atoms with Crippen LogP contribution in [-0.4, -0.2) is 12.7 Å². The number of imidazole rings is 1. The number of rotatable bonds is 1. The summed E-state index contributed by atoms with van der Waals surface area (Å²) in [5.74, 6) is 0. The Morgan fingerprint density at radius 1 is 1.75 bits per heavy atom. The van der Waals surface area contributed by atoms with Crippen molar-refractivity contribution in [2.45, 2.75) is 0 Å². The van der Waals surface area contributed by atoms with E-state index in [0.717, 1.165) is 0 Å². The number of aromatic nitrogens is 2. The van der Waals surface area contributed by atoms with Gasteiger partial charge in [0.1, 0.15) is 0 Å². The Morgan fingerprint density at radius 3 is 2.75 bits per heavy atom. The van der Waals surface area contributed by atoms with Gasteiger partial charge in [-0.15, -0.1) is 0 Å². The molecule has 0 radical (unpaired) electrons. The molecule has 1 rings (SSSR count). The first-order chi connectivity index (χ1) is 3.80. The van der Waals surface area contributed by atoms with Gasteiger partial charge in [0.25, 0.3) is 0 Å². The number of hydrogen-bond donors (Lipinski definition) is 0. The van der Waals surface area contributed by atoms with Crippen molar-refractivity contribution in [1.82, 2.24) is 7.76 Å². The van der Waals surface area contributed by atoms with Crippen molar-refractivity contribution in [3.05, 3.63) is 18.7 Å². The van der Waals surface area contributed by atoms with Gasteiger partial charge in [0.05, 0.1) is 0 Å². The molecule has 1 aromatic heterocycles. The summed E-state index contributed by atoms with van der Waals surface area (Å²) < 4.78 is 2.20. The van der Waals surface area contributed by atoms with Crippen molar-refractivity contribution in [2.75, 3.05) is 4.93 Å². The summed E-state index contributed by atoms with van der Waals surface area (Å²) in [6, 6.07) is 0. The van der Waals surface area contributed by atoms with Gasteiger partial charge in [0, 0.05) is 0 Å². The van der Waals surface area contributed by atoms with Gasteiger partial charge in [-0.05, 0) is 0 Å². The third-order valence-corrected chi connectivity index (χ3v) is 5.67. The second-order valence-electron chi connectivity index (χ2n) is 1.28. The van der Waals surface area contributed by atoms with Crippen LogP contribution in [0, 0.1) is 0 Å². The molecule has 0 bridgehead atoms. The maximum atomic E-state index is 3.94. The zero-order valence-electron chi connectivity index (χ0n) is 4.38. The fourth-order valence-corrected chi connectivity index (χ4v) is 2.90. The van der Waals surface area contributed by atoms with E-state index in [1.165, 1.54) is 0 Å². The van der Waals surface area contributed by atoms with Crippen LogP contribution in [0.4, 0.5) is 0 Å². The quantitative estimate of drug-likeness (QED) is 0.568. The van der Waals surface area contributed by atoms with Crippen LogP contribution in [0.3, 0.4) is 0 Å². The van der Waals surface area contributed by atoms with Crippen LogP contribution < -0.4 is 0 Å². The van der Waals surface area contributed by atoms with Gasteiger partial charge in [-0.25, -0.2) is 0 Å². The Labute approximate surface area is 65.6 Å². The molecule has 0 saturated carbocycles. The summed E-state index contributed by atoms with van der Waals surface area (Å²) in [4.78, 5) is 6.21. The first-order valence-electron chi connectivity index (χ1n) is 2.06. The molecule has 1 aromatic rings. The maximum absolute atomic E-state index is 3.94. The van der Waals surface area contributed by atoms with Gasteiger partial charge in [-0.1, -0.05) is 0 Å². The molecule has 0 fully saturated rings. The molecular weight excluding hydrogens is 330 g/mol. The molecule has 0 atom stereocenters. The van der Waals surface area contributed by atoms with Gasteiger partial charge >= 0.3 is 66.1 Å². The van der Waals surface area contributed by atoms with Crippen LogP contribution >= 0.6 is 34.7 Å². The fraction of sp³-hybridized carbons (Fsp3) is 0.250. The van der Waals surface area contributed by atoms with E-state index in [0.29, 0.717) is 0 Å². The number of alkyl halides is 1. The molecule has 0 spiro atoms. The average Bonchev–Trinajstić information content (AvgIpc) is 2.12. The minimum absolute atomic E-state index is 0.805. The Morgan fingerprint density at radius 2 is 2.50 bits per heavy atom. The van der Waals surface area contributed by atoms with E-state index in [9.17, 15) is 0 Å². The zero-order valence-corrected chi connectivity index (χ0v) is 8.70. The fourth-order valence-electron chi connectivity index (χ4n) is 0.381. The molecule has 0 N–H and O–H groups in total. The van der Waals surface area contributed by atoms with Crippen molar-refractivity contribution in [2.24, 2.45) is 0 Å². The third kappa shape index (κ3) is 1.57. The van der Waals surface area contributed by atoms with Crippen LogP contribution in [0.5, 0.6) is 0 Å². The summed E-state index contributed by atoms with van der Waals surface area (Å²) in [5.41, 5.74) is 0. The van der Waals surface area contributed by atoms with Crippen molar-refractivity contribution < 1.29 is 0 Å². The topological polar surface area (TPSA) is 17.8 Å². The summed E-state index contributed by atoms with van der Waals surface area (Å²) in [5, 5.41) is 0. The molecule has 1 heterocycles. The summed E-state index contributed by atoms with van der Waals surface area (Å²) in [6.45, 7) is 0. The predicted molar refractivity (Wildman–Crippen MR) is 51.6 cm³/mol. The van der Waals surface area contributed by atoms with Gasteiger partial charge in [-0.3, -0.25) is 0 Å². The summed E-state index contributed by atoms with van der Waals surface area (Å²) >= 11 is 1.68. The molecule has 0 amide bonds. The van der Waals surface area contributed by atoms with E-state index < -0.39 is 16.1 Å². The van der Waals surface area contributed by atoms with Crippen LogP contribution in [0.1, 0.15) is 0 Å². The number of halogens is 2. The zero-order chi connectivity index (χ0) is 5.98. The monoisotopic (exact) mass is 336 g/mol. The summed E-state index contributed by atoms with van der Waals surface area (Å²) in [6.07, 6.45) is 5.74. The van der Waals surface area contributed by atoms with Crippen molar-refractivity contribution in [1.29, 1.82) is 0 Å². The third-order valence-electron chi connectivity index (χ3n) is 0.741. The molecule has 46 valence electrons. The SMILES string of the molecule is CI(I)n1ccnc1. The van der Waals surface area contributed by atoms with Gasteiger partial charge < -0.3 is 0 Å². The Bertz CT molecular complexity index is 147. The van der Waals surface area contributed by atoms with E-state index in [4.69, 9.17) is 0 Å².